The number of ether oxygens (including phenoxy) is 1. The van der Waals surface area contributed by atoms with Gasteiger partial charge in [-0.3, -0.25) is 9.69 Å². The first-order chi connectivity index (χ1) is 17.2. The first-order valence-corrected chi connectivity index (χ1v) is 12.6. The molecule has 0 radical (unpaired) electrons. The minimum atomic E-state index is -0.124. The molecule has 186 valence electrons. The van der Waals surface area contributed by atoms with Crippen LogP contribution in [0.5, 0.6) is 0 Å². The Bertz CT molecular complexity index is 1080. The molecule has 3 aromatic rings. The fourth-order valence-electron chi connectivity index (χ4n) is 4.98. The molecule has 0 spiro atoms. The summed E-state index contributed by atoms with van der Waals surface area (Å²) in [7, 11) is 0. The maximum atomic E-state index is 13.5. The topological polar surface area (TPSA) is 75.2 Å². The zero-order valence-electron chi connectivity index (χ0n) is 20.4. The van der Waals surface area contributed by atoms with Gasteiger partial charge in [-0.25, -0.2) is 0 Å². The number of furan rings is 1. The zero-order chi connectivity index (χ0) is 24.0. The monoisotopic (exact) mass is 478 g/mol. The number of rotatable bonds is 8. The van der Waals surface area contributed by atoms with Gasteiger partial charge in [-0.15, -0.1) is 0 Å². The highest BCUT2D eigenvalue weighted by atomic mass is 16.5. The molecular weight excluding hydrogens is 444 g/mol. The number of anilines is 1. The summed E-state index contributed by atoms with van der Waals surface area (Å²) < 4.78 is 17.0. The van der Waals surface area contributed by atoms with Crippen molar-refractivity contribution in [3.8, 4) is 11.3 Å². The molecule has 2 fully saturated rings. The lowest BCUT2D eigenvalue weighted by Crippen LogP contribution is -2.43. The third-order valence-corrected chi connectivity index (χ3v) is 7.04. The van der Waals surface area contributed by atoms with Gasteiger partial charge in [-0.1, -0.05) is 35.5 Å². The van der Waals surface area contributed by atoms with Crippen molar-refractivity contribution in [1.29, 1.82) is 0 Å². The van der Waals surface area contributed by atoms with Gasteiger partial charge in [-0.05, 0) is 38.3 Å². The number of piperidine rings is 1. The van der Waals surface area contributed by atoms with Gasteiger partial charge in [0, 0.05) is 44.3 Å². The Morgan fingerprint density at radius 2 is 1.91 bits per heavy atom. The molecule has 1 amide bonds. The first-order valence-electron chi connectivity index (χ1n) is 12.6. The van der Waals surface area contributed by atoms with Crippen molar-refractivity contribution in [2.45, 2.75) is 38.8 Å². The van der Waals surface area contributed by atoms with Crippen LogP contribution in [0.4, 0.5) is 5.88 Å². The minimum Gasteiger partial charge on any atom is -0.459 e. The van der Waals surface area contributed by atoms with Crippen LogP contribution in [0.3, 0.4) is 0 Å². The van der Waals surface area contributed by atoms with Gasteiger partial charge >= 0.3 is 0 Å². The van der Waals surface area contributed by atoms with Crippen molar-refractivity contribution in [3.63, 3.8) is 0 Å². The van der Waals surface area contributed by atoms with Crippen molar-refractivity contribution in [3.05, 3.63) is 60.1 Å². The molecule has 0 N–H and O–H groups in total. The molecule has 8 heteroatoms. The lowest BCUT2D eigenvalue weighted by atomic mass is 10.0. The highest BCUT2D eigenvalue weighted by Crippen LogP contribution is 2.35. The van der Waals surface area contributed by atoms with E-state index >= 15 is 0 Å². The van der Waals surface area contributed by atoms with Gasteiger partial charge in [-0.2, -0.15) is 0 Å². The van der Waals surface area contributed by atoms with Gasteiger partial charge in [0.1, 0.15) is 5.69 Å². The molecule has 1 unspecified atom stereocenters. The van der Waals surface area contributed by atoms with Crippen LogP contribution in [0, 0.1) is 0 Å². The number of hydrogen-bond donors (Lipinski definition) is 0. The second-order valence-electron chi connectivity index (χ2n) is 9.38. The third kappa shape index (κ3) is 5.44. The number of morpholine rings is 1. The molecule has 2 aliphatic rings. The van der Waals surface area contributed by atoms with Crippen LogP contribution in [0.1, 0.15) is 42.3 Å². The lowest BCUT2D eigenvalue weighted by molar-refractivity contribution is 0.0316. The summed E-state index contributed by atoms with van der Waals surface area (Å²) >= 11 is 0. The molecule has 0 saturated carbocycles. The van der Waals surface area contributed by atoms with Crippen LogP contribution in [0.2, 0.25) is 0 Å². The van der Waals surface area contributed by atoms with E-state index in [0.29, 0.717) is 24.9 Å². The van der Waals surface area contributed by atoms with E-state index in [-0.39, 0.29) is 5.91 Å². The van der Waals surface area contributed by atoms with Gasteiger partial charge in [0.15, 0.2) is 5.76 Å². The van der Waals surface area contributed by atoms with Crippen LogP contribution in [-0.2, 0) is 11.3 Å². The largest absolute Gasteiger partial charge is 0.459 e. The van der Waals surface area contributed by atoms with E-state index in [0.717, 1.165) is 74.9 Å². The Morgan fingerprint density at radius 3 is 2.66 bits per heavy atom. The number of benzene rings is 1. The lowest BCUT2D eigenvalue weighted by Gasteiger charge is -2.34. The summed E-state index contributed by atoms with van der Waals surface area (Å²) in [5.74, 6) is 0.998. The van der Waals surface area contributed by atoms with Crippen molar-refractivity contribution in [1.82, 2.24) is 15.0 Å². The summed E-state index contributed by atoms with van der Waals surface area (Å²) in [6.45, 7) is 8.13. The number of aromatic nitrogens is 1. The second kappa shape index (κ2) is 11.1. The van der Waals surface area contributed by atoms with Crippen LogP contribution < -0.4 is 4.90 Å². The van der Waals surface area contributed by atoms with E-state index in [2.05, 4.69) is 21.9 Å². The van der Waals surface area contributed by atoms with E-state index in [4.69, 9.17) is 13.7 Å². The summed E-state index contributed by atoms with van der Waals surface area (Å²) in [4.78, 5) is 20.0. The maximum Gasteiger partial charge on any atom is 0.289 e. The maximum absolute atomic E-state index is 13.5. The number of nitrogens with zero attached hydrogens (tertiary/aromatic N) is 4. The van der Waals surface area contributed by atoms with Gasteiger partial charge < -0.3 is 23.5 Å². The summed E-state index contributed by atoms with van der Waals surface area (Å²) in [6.07, 6.45) is 5.00. The van der Waals surface area contributed by atoms with E-state index in [1.165, 1.54) is 6.42 Å². The second-order valence-corrected chi connectivity index (χ2v) is 9.38. The highest BCUT2D eigenvalue weighted by Gasteiger charge is 2.30. The Kier molecular flexibility index (Phi) is 7.49. The van der Waals surface area contributed by atoms with Crippen molar-refractivity contribution in [2.75, 3.05) is 50.8 Å². The van der Waals surface area contributed by atoms with Crippen LogP contribution >= 0.6 is 0 Å². The molecule has 4 heterocycles. The standard InChI is InChI=1S/C27H34N4O4/c1-21-8-5-6-12-31(21)27-23(25(28-35-27)22-9-3-2-4-10-22)20-30(26(32)24-11-7-17-34-24)14-13-29-15-18-33-19-16-29/h2-4,7,9-11,17,21H,5-6,8,12-16,18-20H2,1H3. The normalized spacial score (nSPS) is 19.1. The Labute approximate surface area is 206 Å². The number of carbonyl (C=O) groups is 1. The molecule has 2 aromatic heterocycles. The zero-order valence-corrected chi connectivity index (χ0v) is 20.4. The Balaban J connectivity index is 1.47. The van der Waals surface area contributed by atoms with Crippen LogP contribution in [0.25, 0.3) is 11.3 Å². The predicted octanol–water partition coefficient (Wildman–Crippen LogP) is 4.29. The Morgan fingerprint density at radius 1 is 1.09 bits per heavy atom. The number of hydrogen-bond acceptors (Lipinski definition) is 7. The van der Waals surface area contributed by atoms with E-state index in [9.17, 15) is 4.79 Å². The molecule has 1 atom stereocenters. The van der Waals surface area contributed by atoms with Gasteiger partial charge in [0.2, 0.25) is 5.88 Å². The molecule has 35 heavy (non-hydrogen) atoms. The molecule has 2 saturated heterocycles. The quantitative estimate of drug-likeness (QED) is 0.478. The fourth-order valence-corrected chi connectivity index (χ4v) is 4.98. The average Bonchev–Trinajstić information content (AvgIpc) is 3.58. The minimum absolute atomic E-state index is 0.124. The molecular formula is C27H34N4O4. The summed E-state index contributed by atoms with van der Waals surface area (Å²) in [6, 6.07) is 13.9. The average molecular weight is 479 g/mol. The summed E-state index contributed by atoms with van der Waals surface area (Å²) in [5, 5.41) is 4.52. The highest BCUT2D eigenvalue weighted by molar-refractivity contribution is 5.91. The number of carbonyl (C=O) groups excluding carboxylic acids is 1. The van der Waals surface area contributed by atoms with Crippen molar-refractivity contribution >= 4 is 11.8 Å². The summed E-state index contributed by atoms with van der Waals surface area (Å²) in [5.41, 5.74) is 2.73. The number of amides is 1. The third-order valence-electron chi connectivity index (χ3n) is 7.04. The van der Waals surface area contributed by atoms with Crippen LogP contribution in [-0.4, -0.2) is 72.8 Å². The van der Waals surface area contributed by atoms with E-state index in [1.54, 1.807) is 18.4 Å². The Hall–Kier alpha value is -3.10. The molecule has 0 bridgehead atoms. The molecule has 2 aliphatic heterocycles. The van der Waals surface area contributed by atoms with E-state index < -0.39 is 0 Å². The van der Waals surface area contributed by atoms with Crippen LogP contribution in [0.15, 0.2) is 57.7 Å². The first kappa shape index (κ1) is 23.6. The van der Waals surface area contributed by atoms with Crippen molar-refractivity contribution < 1.29 is 18.5 Å². The molecule has 8 nitrogen and oxygen atoms in total. The predicted molar refractivity (Wildman–Crippen MR) is 133 cm³/mol. The SMILES string of the molecule is CC1CCCCN1c1onc(-c2ccccc2)c1CN(CCN1CCOCC1)C(=O)c1ccco1. The van der Waals surface area contributed by atoms with Gasteiger partial charge in [0.25, 0.3) is 5.91 Å². The van der Waals surface area contributed by atoms with E-state index in [1.807, 2.05) is 35.2 Å². The smallest absolute Gasteiger partial charge is 0.289 e. The molecule has 5 rings (SSSR count). The molecule has 0 aliphatic carbocycles. The molecule has 1 aromatic carbocycles. The fraction of sp³-hybridized carbons (Fsp3) is 0.481. The van der Waals surface area contributed by atoms with Gasteiger partial charge in [0.05, 0.1) is 31.6 Å². The van der Waals surface area contributed by atoms with Crippen molar-refractivity contribution in [2.24, 2.45) is 0 Å².